The molecule has 21 heavy (non-hydrogen) atoms. The predicted octanol–water partition coefficient (Wildman–Crippen LogP) is 2.44. The highest BCUT2D eigenvalue weighted by Crippen LogP contribution is 2.27. The Bertz CT molecular complexity index is 657. The van der Waals surface area contributed by atoms with Gasteiger partial charge >= 0.3 is 5.97 Å². The lowest BCUT2D eigenvalue weighted by Gasteiger charge is -2.05. The second kappa shape index (κ2) is 5.69. The zero-order chi connectivity index (χ0) is 14.8. The maximum Gasteiger partial charge on any atom is 0.339 e. The fourth-order valence-corrected chi connectivity index (χ4v) is 2.73. The summed E-state index contributed by atoms with van der Waals surface area (Å²) in [5.74, 6) is -0.831. The molecule has 1 atom stereocenters. The van der Waals surface area contributed by atoms with Crippen molar-refractivity contribution in [2.24, 2.45) is 0 Å². The minimum Gasteiger partial charge on any atom is -0.478 e. The smallest absolute Gasteiger partial charge is 0.339 e. The summed E-state index contributed by atoms with van der Waals surface area (Å²) < 4.78 is 7.06. The van der Waals surface area contributed by atoms with Crippen molar-refractivity contribution in [2.75, 3.05) is 13.2 Å². The van der Waals surface area contributed by atoms with Gasteiger partial charge in [-0.15, -0.1) is 0 Å². The number of carboxylic acids is 1. The fraction of sp³-hybridized carbons (Fsp3) is 0.375. The average Bonchev–Trinajstić information content (AvgIpc) is 3.06. The molecule has 0 saturated carbocycles. The van der Waals surface area contributed by atoms with Gasteiger partial charge < -0.3 is 9.84 Å². The molecule has 0 bridgehead atoms. The zero-order valence-corrected chi connectivity index (χ0v) is 12.0. The first-order valence-corrected chi connectivity index (χ1v) is 7.07. The summed E-state index contributed by atoms with van der Waals surface area (Å²) in [5.41, 5.74) is 3.23. The average molecular weight is 286 g/mol. The minimum absolute atomic E-state index is 0.0925. The Morgan fingerprint density at radius 1 is 1.52 bits per heavy atom. The monoisotopic (exact) mass is 286 g/mol. The van der Waals surface area contributed by atoms with E-state index in [0.717, 1.165) is 12.0 Å². The molecule has 0 radical (unpaired) electrons. The molecule has 1 aromatic carbocycles. The van der Waals surface area contributed by atoms with Crippen LogP contribution in [-0.4, -0.2) is 34.1 Å². The van der Waals surface area contributed by atoms with Crippen molar-refractivity contribution in [3.05, 3.63) is 52.8 Å². The molecule has 1 saturated heterocycles. The largest absolute Gasteiger partial charge is 0.478 e. The van der Waals surface area contributed by atoms with Crippen molar-refractivity contribution < 1.29 is 14.6 Å². The zero-order valence-electron chi connectivity index (χ0n) is 12.0. The molecule has 1 fully saturated rings. The number of rotatable bonds is 4. The number of aromatic nitrogens is 2. The summed E-state index contributed by atoms with van der Waals surface area (Å²) in [4.78, 5) is 11.4. The molecular weight excluding hydrogens is 268 g/mol. The van der Waals surface area contributed by atoms with E-state index < -0.39 is 5.97 Å². The van der Waals surface area contributed by atoms with Crippen LogP contribution in [-0.2, 0) is 11.3 Å². The minimum atomic E-state index is -0.924. The second-order valence-corrected chi connectivity index (χ2v) is 5.48. The Balaban J connectivity index is 1.89. The number of hydrogen-bond acceptors (Lipinski definition) is 3. The number of ether oxygens (including phenoxy) is 1. The van der Waals surface area contributed by atoms with E-state index in [9.17, 15) is 9.90 Å². The highest BCUT2D eigenvalue weighted by atomic mass is 16.5. The molecule has 0 aliphatic carbocycles. The van der Waals surface area contributed by atoms with Crippen LogP contribution in [0.5, 0.6) is 0 Å². The van der Waals surface area contributed by atoms with Gasteiger partial charge in [0.1, 0.15) is 5.56 Å². The molecule has 1 aliphatic heterocycles. The quantitative estimate of drug-likeness (QED) is 0.937. The summed E-state index contributed by atoms with van der Waals surface area (Å²) in [5, 5.41) is 13.8. The van der Waals surface area contributed by atoms with Gasteiger partial charge in [0.15, 0.2) is 0 Å². The molecule has 1 N–H and O–H groups in total. The first-order valence-electron chi connectivity index (χ1n) is 7.07. The highest BCUT2D eigenvalue weighted by molar-refractivity contribution is 5.88. The van der Waals surface area contributed by atoms with E-state index in [0.29, 0.717) is 25.5 Å². The molecular formula is C16H18N2O3. The molecule has 0 spiro atoms. The van der Waals surface area contributed by atoms with E-state index in [2.05, 4.69) is 11.2 Å². The molecule has 2 heterocycles. The topological polar surface area (TPSA) is 64.4 Å². The van der Waals surface area contributed by atoms with Crippen LogP contribution in [0.15, 0.2) is 30.5 Å². The normalized spacial score (nSPS) is 18.0. The number of carbonyl (C=O) groups is 1. The molecule has 2 aromatic rings. The Labute approximate surface area is 123 Å². The van der Waals surface area contributed by atoms with Crippen molar-refractivity contribution in [3.8, 4) is 0 Å². The third kappa shape index (κ3) is 2.97. The van der Waals surface area contributed by atoms with Gasteiger partial charge in [0.25, 0.3) is 0 Å². The Kier molecular flexibility index (Phi) is 3.75. The van der Waals surface area contributed by atoms with E-state index >= 15 is 0 Å². The summed E-state index contributed by atoms with van der Waals surface area (Å²) in [6.07, 6.45) is 2.46. The van der Waals surface area contributed by atoms with Gasteiger partial charge in [-0.3, -0.25) is 4.68 Å². The summed E-state index contributed by atoms with van der Waals surface area (Å²) in [6, 6.07) is 8.14. The van der Waals surface area contributed by atoms with Crippen LogP contribution in [0.2, 0.25) is 0 Å². The number of carboxylic acid groups (broad SMARTS) is 1. The Hall–Kier alpha value is -2.14. The van der Waals surface area contributed by atoms with E-state index in [1.807, 2.05) is 25.1 Å². The molecule has 0 amide bonds. The van der Waals surface area contributed by atoms with E-state index in [-0.39, 0.29) is 11.5 Å². The van der Waals surface area contributed by atoms with Crippen LogP contribution >= 0.6 is 0 Å². The van der Waals surface area contributed by atoms with Crippen molar-refractivity contribution >= 4 is 5.97 Å². The van der Waals surface area contributed by atoms with Gasteiger partial charge in [-0.2, -0.15) is 5.10 Å². The van der Waals surface area contributed by atoms with Crippen molar-refractivity contribution in [3.63, 3.8) is 0 Å². The first-order chi connectivity index (χ1) is 10.1. The van der Waals surface area contributed by atoms with Crippen LogP contribution in [0.1, 0.15) is 39.5 Å². The number of benzene rings is 1. The van der Waals surface area contributed by atoms with Crippen molar-refractivity contribution in [1.29, 1.82) is 0 Å². The predicted molar refractivity (Wildman–Crippen MR) is 77.6 cm³/mol. The Morgan fingerprint density at radius 2 is 2.38 bits per heavy atom. The summed E-state index contributed by atoms with van der Waals surface area (Å²) in [6.45, 7) is 3.85. The van der Waals surface area contributed by atoms with E-state index in [4.69, 9.17) is 4.74 Å². The molecule has 1 aliphatic rings. The van der Waals surface area contributed by atoms with Crippen LogP contribution in [0.25, 0.3) is 0 Å². The van der Waals surface area contributed by atoms with Gasteiger partial charge in [0.2, 0.25) is 0 Å². The molecule has 1 aromatic heterocycles. The lowest BCUT2D eigenvalue weighted by atomic mass is 10.0. The number of aryl methyl sites for hydroxylation is 1. The highest BCUT2D eigenvalue weighted by Gasteiger charge is 2.26. The van der Waals surface area contributed by atoms with Gasteiger partial charge in [0.05, 0.1) is 18.8 Å². The number of hydrogen-bond donors (Lipinski definition) is 1. The fourth-order valence-electron chi connectivity index (χ4n) is 2.73. The van der Waals surface area contributed by atoms with Gasteiger partial charge in [-0.25, -0.2) is 4.79 Å². The summed E-state index contributed by atoms with van der Waals surface area (Å²) in [7, 11) is 0. The van der Waals surface area contributed by atoms with E-state index in [1.165, 1.54) is 5.56 Å². The first kappa shape index (κ1) is 13.8. The molecule has 5 nitrogen and oxygen atoms in total. The van der Waals surface area contributed by atoms with Crippen LogP contribution in [0, 0.1) is 6.92 Å². The van der Waals surface area contributed by atoms with Gasteiger partial charge in [-0.1, -0.05) is 29.8 Å². The number of nitrogens with zero attached hydrogens (tertiary/aromatic N) is 2. The molecule has 110 valence electrons. The standard InChI is InChI=1S/C16H18N2O3/c1-11-3-2-4-12(7-11)8-18-9-14(16(19)20)15(17-18)13-5-6-21-10-13/h2-4,7,9,13H,5-6,8,10H2,1H3,(H,19,20). The third-order valence-corrected chi connectivity index (χ3v) is 3.76. The van der Waals surface area contributed by atoms with Crippen LogP contribution in [0.3, 0.4) is 0 Å². The van der Waals surface area contributed by atoms with Gasteiger partial charge in [-0.05, 0) is 18.9 Å². The maximum atomic E-state index is 11.4. The Morgan fingerprint density at radius 3 is 3.05 bits per heavy atom. The van der Waals surface area contributed by atoms with Crippen LogP contribution in [0.4, 0.5) is 0 Å². The number of aromatic carboxylic acids is 1. The van der Waals surface area contributed by atoms with E-state index in [1.54, 1.807) is 10.9 Å². The lowest BCUT2D eigenvalue weighted by Crippen LogP contribution is -2.06. The molecule has 5 heteroatoms. The lowest BCUT2D eigenvalue weighted by molar-refractivity contribution is 0.0695. The SMILES string of the molecule is Cc1cccc(Cn2cc(C(=O)O)c(C3CCOC3)n2)c1. The van der Waals surface area contributed by atoms with Crippen molar-refractivity contribution in [1.82, 2.24) is 9.78 Å². The third-order valence-electron chi connectivity index (χ3n) is 3.76. The van der Waals surface area contributed by atoms with Crippen molar-refractivity contribution in [2.45, 2.75) is 25.8 Å². The van der Waals surface area contributed by atoms with Gasteiger partial charge in [0, 0.05) is 18.7 Å². The molecule has 1 unspecified atom stereocenters. The maximum absolute atomic E-state index is 11.4. The second-order valence-electron chi connectivity index (χ2n) is 5.48. The summed E-state index contributed by atoms with van der Waals surface area (Å²) >= 11 is 0. The molecule has 3 rings (SSSR count). The van der Waals surface area contributed by atoms with Crippen LogP contribution < -0.4 is 0 Å².